The van der Waals surface area contributed by atoms with Crippen LogP contribution in [0, 0.1) is 0 Å². The quantitative estimate of drug-likeness (QED) is 0.879. The van der Waals surface area contributed by atoms with Gasteiger partial charge in [-0.05, 0) is 43.5 Å². The topological polar surface area (TPSA) is 83.5 Å². The highest BCUT2D eigenvalue weighted by Crippen LogP contribution is 2.28. The van der Waals surface area contributed by atoms with E-state index in [-0.39, 0.29) is 16.9 Å². The number of hydrogen-bond donors (Lipinski definition) is 2. The zero-order valence-corrected chi connectivity index (χ0v) is 11.5. The lowest BCUT2D eigenvalue weighted by molar-refractivity contribution is 0.0697. The zero-order chi connectivity index (χ0) is 14.0. The Kier molecular flexibility index (Phi) is 3.80. The van der Waals surface area contributed by atoms with Crippen LogP contribution in [-0.4, -0.2) is 37.0 Å². The average molecular weight is 283 g/mol. The molecule has 0 saturated heterocycles. The number of sulfone groups is 1. The van der Waals surface area contributed by atoms with Crippen molar-refractivity contribution < 1.29 is 18.3 Å². The van der Waals surface area contributed by atoms with Crippen LogP contribution in [0.15, 0.2) is 24.3 Å². The first-order chi connectivity index (χ1) is 8.88. The normalized spacial score (nSPS) is 23.2. The predicted octanol–water partition coefficient (Wildman–Crippen LogP) is 1.76. The van der Waals surface area contributed by atoms with Crippen molar-refractivity contribution in [1.29, 1.82) is 0 Å². The summed E-state index contributed by atoms with van der Waals surface area (Å²) in [5.74, 6) is -0.971. The molecule has 0 aliphatic heterocycles. The van der Waals surface area contributed by atoms with E-state index in [1.807, 2.05) is 0 Å². The van der Waals surface area contributed by atoms with E-state index in [0.717, 1.165) is 18.5 Å². The number of carbonyl (C=O) groups is 1. The van der Waals surface area contributed by atoms with Crippen molar-refractivity contribution >= 4 is 21.5 Å². The van der Waals surface area contributed by atoms with Crippen LogP contribution in [0.2, 0.25) is 0 Å². The van der Waals surface area contributed by atoms with Crippen LogP contribution in [0.25, 0.3) is 0 Å². The molecule has 1 aromatic carbocycles. The minimum Gasteiger partial charge on any atom is -0.478 e. The Balaban J connectivity index is 2.10. The van der Waals surface area contributed by atoms with E-state index >= 15 is 0 Å². The monoisotopic (exact) mass is 283 g/mol. The van der Waals surface area contributed by atoms with Crippen LogP contribution in [0.5, 0.6) is 0 Å². The summed E-state index contributed by atoms with van der Waals surface area (Å²) in [6.07, 6.45) is 3.66. The molecule has 2 atom stereocenters. The van der Waals surface area contributed by atoms with Crippen LogP contribution in [0.1, 0.15) is 29.6 Å². The molecule has 104 valence electrons. The Bertz CT molecular complexity index is 565. The molecule has 19 heavy (non-hydrogen) atoms. The molecule has 2 N–H and O–H groups in total. The lowest BCUT2D eigenvalue weighted by atomic mass is 10.2. The number of rotatable bonds is 4. The van der Waals surface area contributed by atoms with Gasteiger partial charge in [0.2, 0.25) is 0 Å². The maximum Gasteiger partial charge on any atom is 0.335 e. The van der Waals surface area contributed by atoms with Crippen molar-refractivity contribution in [3.63, 3.8) is 0 Å². The summed E-state index contributed by atoms with van der Waals surface area (Å²) in [5.41, 5.74) is 0.974. The highest BCUT2D eigenvalue weighted by atomic mass is 32.2. The van der Waals surface area contributed by atoms with Gasteiger partial charge in [0.1, 0.15) is 0 Å². The summed E-state index contributed by atoms with van der Waals surface area (Å²) in [6.45, 7) is 0. The van der Waals surface area contributed by atoms with Crippen molar-refractivity contribution in [3.8, 4) is 0 Å². The number of benzene rings is 1. The van der Waals surface area contributed by atoms with E-state index in [1.165, 1.54) is 18.4 Å². The highest BCUT2D eigenvalue weighted by Gasteiger charge is 2.34. The standard InChI is InChI=1S/C13H17NO4S/c1-19(17,18)12-4-2-3-11(12)14-10-7-5-9(6-8-10)13(15)16/h5-8,11-12,14H,2-4H2,1H3,(H,15,16). The lowest BCUT2D eigenvalue weighted by Crippen LogP contribution is -2.34. The second-order valence-electron chi connectivity index (χ2n) is 4.93. The van der Waals surface area contributed by atoms with Gasteiger partial charge in [0.05, 0.1) is 10.8 Å². The molecule has 1 aromatic rings. The molecule has 0 bridgehead atoms. The molecule has 1 aliphatic rings. The first kappa shape index (κ1) is 13.9. The maximum absolute atomic E-state index is 11.7. The molecule has 2 rings (SSSR count). The predicted molar refractivity (Wildman–Crippen MR) is 73.3 cm³/mol. The Labute approximate surface area is 112 Å². The molecule has 6 heteroatoms. The van der Waals surface area contributed by atoms with Gasteiger partial charge in [0.15, 0.2) is 9.84 Å². The molecule has 1 saturated carbocycles. The zero-order valence-electron chi connectivity index (χ0n) is 10.7. The van der Waals surface area contributed by atoms with Gasteiger partial charge in [0, 0.05) is 18.0 Å². The number of hydrogen-bond acceptors (Lipinski definition) is 4. The number of carboxylic acid groups (broad SMARTS) is 1. The van der Waals surface area contributed by atoms with Crippen LogP contribution in [0.4, 0.5) is 5.69 Å². The molecule has 2 unspecified atom stereocenters. The fourth-order valence-corrected chi connectivity index (χ4v) is 3.92. The SMILES string of the molecule is CS(=O)(=O)C1CCCC1Nc1ccc(C(=O)O)cc1. The Hall–Kier alpha value is -1.56. The summed E-state index contributed by atoms with van der Waals surface area (Å²) >= 11 is 0. The summed E-state index contributed by atoms with van der Waals surface area (Å²) < 4.78 is 23.3. The third-order valence-electron chi connectivity index (χ3n) is 3.49. The summed E-state index contributed by atoms with van der Waals surface area (Å²) in [5, 5.41) is 11.6. The van der Waals surface area contributed by atoms with Crippen molar-refractivity contribution in [2.45, 2.75) is 30.6 Å². The minimum absolute atomic E-state index is 0.0920. The Morgan fingerprint density at radius 2 is 1.89 bits per heavy atom. The first-order valence-electron chi connectivity index (χ1n) is 6.16. The summed E-state index contributed by atoms with van der Waals surface area (Å²) in [4.78, 5) is 10.7. The number of carboxylic acids is 1. The van der Waals surface area contributed by atoms with E-state index in [2.05, 4.69) is 5.32 Å². The van der Waals surface area contributed by atoms with Gasteiger partial charge in [-0.25, -0.2) is 13.2 Å². The second kappa shape index (κ2) is 5.21. The average Bonchev–Trinajstić information content (AvgIpc) is 2.77. The van der Waals surface area contributed by atoms with Gasteiger partial charge in [-0.1, -0.05) is 0 Å². The molecule has 0 heterocycles. The van der Waals surface area contributed by atoms with Crippen molar-refractivity contribution in [2.24, 2.45) is 0 Å². The number of anilines is 1. The molecule has 1 fully saturated rings. The highest BCUT2D eigenvalue weighted by molar-refractivity contribution is 7.91. The molecule has 0 aromatic heterocycles. The summed E-state index contributed by atoms with van der Waals surface area (Å²) in [6, 6.07) is 6.26. The van der Waals surface area contributed by atoms with E-state index in [1.54, 1.807) is 12.1 Å². The second-order valence-corrected chi connectivity index (χ2v) is 7.20. The largest absolute Gasteiger partial charge is 0.478 e. The molecular weight excluding hydrogens is 266 g/mol. The van der Waals surface area contributed by atoms with Gasteiger partial charge in [-0.15, -0.1) is 0 Å². The van der Waals surface area contributed by atoms with E-state index in [9.17, 15) is 13.2 Å². The van der Waals surface area contributed by atoms with E-state index in [4.69, 9.17) is 5.11 Å². The summed E-state index contributed by atoms with van der Waals surface area (Å²) in [7, 11) is -3.05. The maximum atomic E-state index is 11.7. The fraction of sp³-hybridized carbons (Fsp3) is 0.462. The molecule has 5 nitrogen and oxygen atoms in total. The Morgan fingerprint density at radius 3 is 2.42 bits per heavy atom. The van der Waals surface area contributed by atoms with Crippen LogP contribution < -0.4 is 5.32 Å². The molecule has 0 amide bonds. The Morgan fingerprint density at radius 1 is 1.26 bits per heavy atom. The van der Waals surface area contributed by atoms with E-state index < -0.39 is 15.8 Å². The number of nitrogens with one attached hydrogen (secondary N) is 1. The van der Waals surface area contributed by atoms with Crippen molar-refractivity contribution in [1.82, 2.24) is 0 Å². The fourth-order valence-electron chi connectivity index (χ4n) is 2.53. The first-order valence-corrected chi connectivity index (χ1v) is 8.12. The third-order valence-corrected chi connectivity index (χ3v) is 5.15. The van der Waals surface area contributed by atoms with Gasteiger partial charge in [-0.3, -0.25) is 0 Å². The smallest absolute Gasteiger partial charge is 0.335 e. The molecular formula is C13H17NO4S. The van der Waals surface area contributed by atoms with Gasteiger partial charge >= 0.3 is 5.97 Å². The van der Waals surface area contributed by atoms with Crippen molar-refractivity contribution in [2.75, 3.05) is 11.6 Å². The lowest BCUT2D eigenvalue weighted by Gasteiger charge is -2.20. The van der Waals surface area contributed by atoms with Gasteiger partial charge < -0.3 is 10.4 Å². The third kappa shape index (κ3) is 3.26. The number of aromatic carboxylic acids is 1. The van der Waals surface area contributed by atoms with Crippen LogP contribution in [-0.2, 0) is 9.84 Å². The van der Waals surface area contributed by atoms with Crippen LogP contribution >= 0.6 is 0 Å². The van der Waals surface area contributed by atoms with Crippen LogP contribution in [0.3, 0.4) is 0 Å². The van der Waals surface area contributed by atoms with Gasteiger partial charge in [0.25, 0.3) is 0 Å². The molecule has 0 spiro atoms. The van der Waals surface area contributed by atoms with Gasteiger partial charge in [-0.2, -0.15) is 0 Å². The van der Waals surface area contributed by atoms with E-state index in [0.29, 0.717) is 6.42 Å². The molecule has 0 radical (unpaired) electrons. The van der Waals surface area contributed by atoms with Crippen molar-refractivity contribution in [3.05, 3.63) is 29.8 Å². The minimum atomic E-state index is -3.05. The molecule has 1 aliphatic carbocycles.